The van der Waals surface area contributed by atoms with E-state index in [0.29, 0.717) is 6.42 Å². The van der Waals surface area contributed by atoms with Crippen molar-refractivity contribution in [2.45, 2.75) is 19.4 Å². The number of amides is 1. The number of piperazine rings is 1. The molecule has 1 saturated heterocycles. The van der Waals surface area contributed by atoms with Gasteiger partial charge in [-0.15, -0.1) is 0 Å². The van der Waals surface area contributed by atoms with Crippen molar-refractivity contribution in [1.82, 2.24) is 14.8 Å². The highest BCUT2D eigenvalue weighted by molar-refractivity contribution is 5.76. The predicted octanol–water partition coefficient (Wildman–Crippen LogP) is 2.37. The van der Waals surface area contributed by atoms with Crippen LogP contribution in [0.2, 0.25) is 0 Å². The molecular weight excluding hydrogens is 314 g/mol. The molecule has 1 aromatic heterocycles. The van der Waals surface area contributed by atoms with Gasteiger partial charge in [0.05, 0.1) is 7.11 Å². The monoisotopic (exact) mass is 339 g/mol. The molecule has 1 fully saturated rings. The predicted molar refractivity (Wildman–Crippen MR) is 97.4 cm³/mol. The molecule has 1 aliphatic rings. The number of ether oxygens (including phenoxy) is 1. The lowest BCUT2D eigenvalue weighted by atomic mass is 10.1. The molecule has 0 bridgehead atoms. The molecule has 0 atom stereocenters. The number of pyridine rings is 1. The summed E-state index contributed by atoms with van der Waals surface area (Å²) < 4.78 is 5.23. The van der Waals surface area contributed by atoms with Gasteiger partial charge in [0.25, 0.3) is 0 Å². The summed E-state index contributed by atoms with van der Waals surface area (Å²) in [5.74, 6) is 1.08. The number of nitrogens with zero attached hydrogens (tertiary/aromatic N) is 3. The molecule has 2 heterocycles. The van der Waals surface area contributed by atoms with E-state index in [1.165, 1.54) is 5.56 Å². The van der Waals surface area contributed by atoms with E-state index in [9.17, 15) is 4.79 Å². The zero-order chi connectivity index (χ0) is 17.5. The summed E-state index contributed by atoms with van der Waals surface area (Å²) in [5.41, 5.74) is 2.36. The number of carbonyl (C=O) groups is 1. The number of carbonyl (C=O) groups excluding carboxylic acids is 1. The molecule has 0 spiro atoms. The number of benzene rings is 1. The Morgan fingerprint density at radius 2 is 1.92 bits per heavy atom. The number of rotatable bonds is 6. The van der Waals surface area contributed by atoms with Gasteiger partial charge in [0.1, 0.15) is 5.75 Å². The number of methoxy groups -OCH3 is 1. The van der Waals surface area contributed by atoms with Crippen LogP contribution in [-0.2, 0) is 17.8 Å². The van der Waals surface area contributed by atoms with Crippen molar-refractivity contribution >= 4 is 5.91 Å². The normalized spacial score (nSPS) is 15.2. The lowest BCUT2D eigenvalue weighted by Crippen LogP contribution is -2.48. The van der Waals surface area contributed by atoms with Gasteiger partial charge in [-0.1, -0.05) is 18.2 Å². The lowest BCUT2D eigenvalue weighted by Gasteiger charge is -2.34. The van der Waals surface area contributed by atoms with Gasteiger partial charge in [-0.3, -0.25) is 14.7 Å². The first-order valence-electron chi connectivity index (χ1n) is 8.76. The molecule has 0 radical (unpaired) electrons. The summed E-state index contributed by atoms with van der Waals surface area (Å²) in [6.45, 7) is 4.34. The van der Waals surface area contributed by atoms with Gasteiger partial charge in [0.15, 0.2) is 0 Å². The highest BCUT2D eigenvalue weighted by Gasteiger charge is 2.20. The maximum absolute atomic E-state index is 12.5. The molecular formula is C20H25N3O2. The Morgan fingerprint density at radius 1 is 1.12 bits per heavy atom. The fourth-order valence-corrected chi connectivity index (χ4v) is 3.14. The summed E-state index contributed by atoms with van der Waals surface area (Å²) in [6, 6.07) is 12.0. The highest BCUT2D eigenvalue weighted by Crippen LogP contribution is 2.15. The van der Waals surface area contributed by atoms with Crippen LogP contribution in [0.15, 0.2) is 48.8 Å². The molecule has 5 heteroatoms. The van der Waals surface area contributed by atoms with Crippen molar-refractivity contribution < 1.29 is 9.53 Å². The Labute approximate surface area is 149 Å². The molecule has 132 valence electrons. The van der Waals surface area contributed by atoms with Gasteiger partial charge in [-0.25, -0.2) is 0 Å². The second-order valence-corrected chi connectivity index (χ2v) is 6.37. The number of aromatic nitrogens is 1. The van der Waals surface area contributed by atoms with Crippen molar-refractivity contribution in [3.63, 3.8) is 0 Å². The average molecular weight is 339 g/mol. The van der Waals surface area contributed by atoms with Crippen LogP contribution in [0.3, 0.4) is 0 Å². The molecule has 3 rings (SSSR count). The molecule has 0 saturated carbocycles. The Balaban J connectivity index is 1.43. The Hall–Kier alpha value is -2.40. The van der Waals surface area contributed by atoms with Gasteiger partial charge in [0.2, 0.25) is 5.91 Å². The molecule has 1 aromatic carbocycles. The van der Waals surface area contributed by atoms with Crippen LogP contribution in [0.25, 0.3) is 0 Å². The van der Waals surface area contributed by atoms with Crippen molar-refractivity contribution in [2.24, 2.45) is 0 Å². The van der Waals surface area contributed by atoms with E-state index in [0.717, 1.165) is 50.5 Å². The second-order valence-electron chi connectivity index (χ2n) is 6.37. The third kappa shape index (κ3) is 5.03. The van der Waals surface area contributed by atoms with E-state index in [1.54, 1.807) is 13.3 Å². The van der Waals surface area contributed by atoms with Gasteiger partial charge < -0.3 is 9.64 Å². The summed E-state index contributed by atoms with van der Waals surface area (Å²) >= 11 is 0. The zero-order valence-electron chi connectivity index (χ0n) is 14.7. The first-order valence-corrected chi connectivity index (χ1v) is 8.76. The third-order valence-corrected chi connectivity index (χ3v) is 4.62. The van der Waals surface area contributed by atoms with Crippen LogP contribution in [0.5, 0.6) is 5.75 Å². The summed E-state index contributed by atoms with van der Waals surface area (Å²) in [5, 5.41) is 0. The number of hydrogen-bond donors (Lipinski definition) is 0. The van der Waals surface area contributed by atoms with E-state index < -0.39 is 0 Å². The van der Waals surface area contributed by atoms with E-state index in [2.05, 4.69) is 16.0 Å². The fourth-order valence-electron chi connectivity index (χ4n) is 3.14. The Morgan fingerprint density at radius 3 is 2.64 bits per heavy atom. The van der Waals surface area contributed by atoms with E-state index in [-0.39, 0.29) is 5.91 Å². The maximum atomic E-state index is 12.5. The van der Waals surface area contributed by atoms with Crippen molar-refractivity contribution in [2.75, 3.05) is 33.3 Å². The minimum absolute atomic E-state index is 0.240. The van der Waals surface area contributed by atoms with Crippen molar-refractivity contribution in [1.29, 1.82) is 0 Å². The first-order chi connectivity index (χ1) is 12.2. The maximum Gasteiger partial charge on any atom is 0.222 e. The van der Waals surface area contributed by atoms with Gasteiger partial charge in [-0.2, -0.15) is 0 Å². The van der Waals surface area contributed by atoms with Crippen molar-refractivity contribution in [3.8, 4) is 5.75 Å². The molecule has 2 aromatic rings. The number of hydrogen-bond acceptors (Lipinski definition) is 4. The van der Waals surface area contributed by atoms with Gasteiger partial charge in [-0.05, 0) is 35.7 Å². The second kappa shape index (κ2) is 8.62. The Kier molecular flexibility index (Phi) is 6.01. The molecule has 0 unspecified atom stereocenters. The van der Waals surface area contributed by atoms with Crippen molar-refractivity contribution in [3.05, 3.63) is 59.9 Å². The number of aryl methyl sites for hydroxylation is 1. The van der Waals surface area contributed by atoms with Gasteiger partial charge in [0, 0.05) is 51.5 Å². The Bertz CT molecular complexity index is 682. The van der Waals surface area contributed by atoms with E-state index in [4.69, 9.17) is 4.74 Å². The summed E-state index contributed by atoms with van der Waals surface area (Å²) in [7, 11) is 1.66. The molecule has 0 N–H and O–H groups in total. The highest BCUT2D eigenvalue weighted by atomic mass is 16.5. The topological polar surface area (TPSA) is 45.7 Å². The molecule has 25 heavy (non-hydrogen) atoms. The largest absolute Gasteiger partial charge is 0.497 e. The van der Waals surface area contributed by atoms with Crippen LogP contribution in [0.1, 0.15) is 17.5 Å². The standard InChI is InChI=1S/C20H25N3O2/c1-25-19-6-2-4-17(14-19)7-8-20(24)23-12-10-22(11-13-23)16-18-5-3-9-21-15-18/h2-6,9,14-15H,7-8,10-13,16H2,1H3. The minimum atomic E-state index is 0.240. The van der Waals surface area contributed by atoms with Crippen LogP contribution in [0.4, 0.5) is 0 Å². The third-order valence-electron chi connectivity index (χ3n) is 4.62. The fraction of sp³-hybridized carbons (Fsp3) is 0.400. The first kappa shape index (κ1) is 17.4. The molecule has 0 aliphatic carbocycles. The molecule has 1 amide bonds. The molecule has 1 aliphatic heterocycles. The summed E-state index contributed by atoms with van der Waals surface area (Å²) in [4.78, 5) is 21.0. The van der Waals surface area contributed by atoms with Crippen LogP contribution >= 0.6 is 0 Å². The van der Waals surface area contributed by atoms with E-state index >= 15 is 0 Å². The van der Waals surface area contributed by atoms with Crippen LogP contribution < -0.4 is 4.74 Å². The molecule has 5 nitrogen and oxygen atoms in total. The summed E-state index contributed by atoms with van der Waals surface area (Å²) in [6.07, 6.45) is 5.01. The SMILES string of the molecule is COc1cccc(CCC(=O)N2CCN(Cc3cccnc3)CC2)c1. The van der Waals surface area contributed by atoms with Gasteiger partial charge >= 0.3 is 0 Å². The zero-order valence-corrected chi connectivity index (χ0v) is 14.7. The minimum Gasteiger partial charge on any atom is -0.497 e. The lowest BCUT2D eigenvalue weighted by molar-refractivity contribution is -0.133. The van der Waals surface area contributed by atoms with Crippen LogP contribution in [-0.4, -0.2) is 54.0 Å². The van der Waals surface area contributed by atoms with E-state index in [1.807, 2.05) is 41.4 Å². The quantitative estimate of drug-likeness (QED) is 0.811. The van der Waals surface area contributed by atoms with Crippen LogP contribution in [0, 0.1) is 0 Å². The smallest absolute Gasteiger partial charge is 0.222 e. The average Bonchev–Trinajstić information content (AvgIpc) is 2.67.